The summed E-state index contributed by atoms with van der Waals surface area (Å²) >= 11 is 0. The third-order valence-corrected chi connectivity index (χ3v) is 6.20. The number of amides is 1. The summed E-state index contributed by atoms with van der Waals surface area (Å²) in [6, 6.07) is 16.3. The first-order valence-corrected chi connectivity index (χ1v) is 11.3. The Hall–Kier alpha value is -3.23. The average Bonchev–Trinajstić information content (AvgIpc) is 3.10. The molecule has 0 bridgehead atoms. The van der Waals surface area contributed by atoms with Crippen LogP contribution in [0.25, 0.3) is 12.2 Å². The Labute approximate surface area is 182 Å². The Bertz CT molecular complexity index is 1170. The zero-order chi connectivity index (χ0) is 22.4. The van der Waals surface area contributed by atoms with Crippen LogP contribution in [0.1, 0.15) is 42.3 Å². The zero-order valence-corrected chi connectivity index (χ0v) is 18.4. The quantitative estimate of drug-likeness (QED) is 0.548. The van der Waals surface area contributed by atoms with Crippen molar-refractivity contribution in [2.45, 2.75) is 31.6 Å². The van der Waals surface area contributed by atoms with E-state index in [2.05, 4.69) is 15.2 Å². The van der Waals surface area contributed by atoms with E-state index in [1.165, 1.54) is 6.92 Å². The molecule has 0 saturated heterocycles. The molecule has 8 heteroatoms. The highest BCUT2D eigenvalue weighted by Gasteiger charge is 2.16. The number of carbonyl (C=O) groups is 1. The van der Waals surface area contributed by atoms with Crippen molar-refractivity contribution in [1.29, 1.82) is 0 Å². The van der Waals surface area contributed by atoms with Gasteiger partial charge in [-0.05, 0) is 42.2 Å². The molecule has 0 aliphatic carbocycles. The summed E-state index contributed by atoms with van der Waals surface area (Å²) in [5, 5.41) is 6.54. The zero-order valence-electron chi connectivity index (χ0n) is 17.6. The number of benzene rings is 2. The minimum atomic E-state index is -3.61. The van der Waals surface area contributed by atoms with E-state index in [4.69, 9.17) is 4.52 Å². The summed E-state index contributed by atoms with van der Waals surface area (Å²) < 4.78 is 33.1. The van der Waals surface area contributed by atoms with Crippen molar-refractivity contribution in [3.05, 3.63) is 77.2 Å². The first-order valence-electron chi connectivity index (χ1n) is 9.83. The summed E-state index contributed by atoms with van der Waals surface area (Å²) in [5.41, 5.74) is 2.94. The number of aromatic nitrogens is 1. The second kappa shape index (κ2) is 9.72. The number of hydrogen-bond acceptors (Lipinski definition) is 5. The first-order chi connectivity index (χ1) is 14.8. The molecule has 0 aliphatic rings. The molecule has 7 nitrogen and oxygen atoms in total. The molecule has 3 aromatic rings. The molecule has 0 aliphatic heterocycles. The lowest BCUT2D eigenvalue weighted by Gasteiger charge is -2.13. The second-order valence-electron chi connectivity index (χ2n) is 7.25. The van der Waals surface area contributed by atoms with Crippen molar-refractivity contribution >= 4 is 33.8 Å². The molecular formula is C23H25N3O4S. The van der Waals surface area contributed by atoms with E-state index in [1.54, 1.807) is 43.3 Å². The van der Waals surface area contributed by atoms with Crippen LogP contribution < -0.4 is 10.0 Å². The lowest BCUT2D eigenvalue weighted by Crippen LogP contribution is -2.27. The number of sulfonamides is 1. The SMILES string of the molecule is CC(=O)Nc1c(C)noc1C=Cc1ccc(S(=O)(=O)NCC(C)c2ccccc2)cc1. The molecule has 1 heterocycles. The highest BCUT2D eigenvalue weighted by atomic mass is 32.2. The fraction of sp³-hybridized carbons (Fsp3) is 0.217. The van der Waals surface area contributed by atoms with Gasteiger partial charge in [0.1, 0.15) is 11.4 Å². The van der Waals surface area contributed by atoms with E-state index in [0.29, 0.717) is 23.7 Å². The minimum Gasteiger partial charge on any atom is -0.354 e. The molecule has 0 fully saturated rings. The highest BCUT2D eigenvalue weighted by molar-refractivity contribution is 7.89. The maximum atomic E-state index is 12.6. The predicted molar refractivity (Wildman–Crippen MR) is 121 cm³/mol. The molecule has 1 atom stereocenters. The summed E-state index contributed by atoms with van der Waals surface area (Å²) in [5.74, 6) is 0.256. The fourth-order valence-electron chi connectivity index (χ4n) is 2.98. The molecule has 162 valence electrons. The second-order valence-corrected chi connectivity index (χ2v) is 9.02. The standard InChI is InChI=1S/C23H25N3O4S/c1-16(20-7-5-4-6-8-20)15-24-31(28,29)21-12-9-19(10-13-21)11-14-22-23(25-18(3)27)17(2)26-30-22/h4-14,16,24H,15H2,1-3H3,(H,25,27). The minimum absolute atomic E-state index is 0.0568. The molecule has 1 aromatic heterocycles. The molecule has 3 rings (SSSR count). The van der Waals surface area contributed by atoms with Gasteiger partial charge in [-0.2, -0.15) is 0 Å². The lowest BCUT2D eigenvalue weighted by molar-refractivity contribution is -0.114. The number of hydrogen-bond donors (Lipinski definition) is 2. The van der Waals surface area contributed by atoms with Crippen LogP contribution in [-0.4, -0.2) is 26.0 Å². The van der Waals surface area contributed by atoms with Gasteiger partial charge in [0.25, 0.3) is 0 Å². The normalized spacial score (nSPS) is 12.7. The highest BCUT2D eigenvalue weighted by Crippen LogP contribution is 2.23. The van der Waals surface area contributed by atoms with Gasteiger partial charge in [0, 0.05) is 13.5 Å². The van der Waals surface area contributed by atoms with Crippen molar-refractivity contribution in [2.75, 3.05) is 11.9 Å². The van der Waals surface area contributed by atoms with Crippen LogP contribution in [0, 0.1) is 6.92 Å². The van der Waals surface area contributed by atoms with E-state index >= 15 is 0 Å². The fourth-order valence-corrected chi connectivity index (χ4v) is 4.11. The Morgan fingerprint density at radius 2 is 1.77 bits per heavy atom. The third kappa shape index (κ3) is 5.90. The molecule has 0 saturated carbocycles. The van der Waals surface area contributed by atoms with Gasteiger partial charge >= 0.3 is 0 Å². The lowest BCUT2D eigenvalue weighted by atomic mass is 10.0. The summed E-state index contributed by atoms with van der Waals surface area (Å²) in [6.07, 6.45) is 3.43. The van der Waals surface area contributed by atoms with Crippen molar-refractivity contribution < 1.29 is 17.7 Å². The Morgan fingerprint density at radius 3 is 2.42 bits per heavy atom. The summed E-state index contributed by atoms with van der Waals surface area (Å²) in [4.78, 5) is 11.5. The largest absolute Gasteiger partial charge is 0.354 e. The van der Waals surface area contributed by atoms with E-state index in [9.17, 15) is 13.2 Å². The summed E-state index contributed by atoms with van der Waals surface area (Å²) in [6.45, 7) is 5.43. The van der Waals surface area contributed by atoms with Gasteiger partial charge in [-0.15, -0.1) is 0 Å². The number of carbonyl (C=O) groups excluding carboxylic acids is 1. The topological polar surface area (TPSA) is 101 Å². The molecule has 1 unspecified atom stereocenters. The van der Waals surface area contributed by atoms with E-state index in [1.807, 2.05) is 37.3 Å². The maximum absolute atomic E-state index is 12.6. The van der Waals surface area contributed by atoms with Gasteiger partial charge in [0.2, 0.25) is 15.9 Å². The van der Waals surface area contributed by atoms with Crippen LogP contribution in [0.5, 0.6) is 0 Å². The Balaban J connectivity index is 1.67. The van der Waals surface area contributed by atoms with Crippen molar-refractivity contribution in [3.8, 4) is 0 Å². The van der Waals surface area contributed by atoms with Crippen LogP contribution in [0.15, 0.2) is 64.0 Å². The van der Waals surface area contributed by atoms with Gasteiger partial charge in [0.15, 0.2) is 5.76 Å². The number of rotatable bonds is 8. The van der Waals surface area contributed by atoms with Gasteiger partial charge in [-0.25, -0.2) is 13.1 Å². The van der Waals surface area contributed by atoms with Gasteiger partial charge in [-0.1, -0.05) is 60.6 Å². The molecule has 31 heavy (non-hydrogen) atoms. The van der Waals surface area contributed by atoms with E-state index < -0.39 is 10.0 Å². The number of nitrogens with one attached hydrogen (secondary N) is 2. The molecule has 0 spiro atoms. The van der Waals surface area contributed by atoms with E-state index in [-0.39, 0.29) is 16.7 Å². The van der Waals surface area contributed by atoms with Crippen molar-refractivity contribution in [1.82, 2.24) is 9.88 Å². The average molecular weight is 440 g/mol. The smallest absolute Gasteiger partial charge is 0.240 e. The molecule has 2 N–H and O–H groups in total. The van der Waals surface area contributed by atoms with Crippen LogP contribution in [0.3, 0.4) is 0 Å². The molecule has 2 aromatic carbocycles. The molecular weight excluding hydrogens is 414 g/mol. The van der Waals surface area contributed by atoms with Crippen LogP contribution in [0.4, 0.5) is 5.69 Å². The third-order valence-electron chi connectivity index (χ3n) is 4.76. The number of anilines is 1. The Kier molecular flexibility index (Phi) is 7.04. The van der Waals surface area contributed by atoms with Gasteiger partial charge in [0.05, 0.1) is 4.90 Å². The molecule has 1 amide bonds. The number of nitrogens with zero attached hydrogens (tertiary/aromatic N) is 1. The predicted octanol–water partition coefficient (Wildman–Crippen LogP) is 4.19. The monoisotopic (exact) mass is 439 g/mol. The van der Waals surface area contributed by atoms with Crippen molar-refractivity contribution in [3.63, 3.8) is 0 Å². The van der Waals surface area contributed by atoms with Gasteiger partial charge < -0.3 is 9.84 Å². The van der Waals surface area contributed by atoms with Gasteiger partial charge in [-0.3, -0.25) is 4.79 Å². The van der Waals surface area contributed by atoms with E-state index in [0.717, 1.165) is 11.1 Å². The first kappa shape index (κ1) is 22.5. The van der Waals surface area contributed by atoms with Crippen molar-refractivity contribution in [2.24, 2.45) is 0 Å². The van der Waals surface area contributed by atoms with Crippen LogP contribution in [0.2, 0.25) is 0 Å². The molecule has 0 radical (unpaired) electrons. The Morgan fingerprint density at radius 1 is 1.10 bits per heavy atom. The number of aryl methyl sites for hydroxylation is 1. The van der Waals surface area contributed by atoms with Crippen LogP contribution in [-0.2, 0) is 14.8 Å². The summed E-state index contributed by atoms with van der Waals surface area (Å²) in [7, 11) is -3.61. The van der Waals surface area contributed by atoms with Crippen LogP contribution >= 0.6 is 0 Å². The maximum Gasteiger partial charge on any atom is 0.240 e.